The van der Waals surface area contributed by atoms with E-state index in [-0.39, 0.29) is 0 Å². The Kier molecular flexibility index (Phi) is 3.48. The molecule has 94 valence electrons. The lowest BCUT2D eigenvalue weighted by Crippen LogP contribution is -1.82. The molecule has 1 heterocycles. The third-order valence-electron chi connectivity index (χ3n) is 2.61. The van der Waals surface area contributed by atoms with Crippen LogP contribution in [0.5, 0.6) is 0 Å². The molecule has 2 aromatic carbocycles. The first-order valence-corrected chi connectivity index (χ1v) is 7.17. The Balaban J connectivity index is 2.03. The summed E-state index contributed by atoms with van der Waals surface area (Å²) in [5.74, 6) is 1.08. The molecule has 19 heavy (non-hydrogen) atoms. The second-order valence-corrected chi connectivity index (χ2v) is 5.68. The third-order valence-corrected chi connectivity index (χ3v) is 3.80. The molecule has 0 N–H and O–H groups in total. The van der Waals surface area contributed by atoms with Gasteiger partial charge < -0.3 is 4.52 Å². The number of hydrogen-bond acceptors (Lipinski definition) is 3. The van der Waals surface area contributed by atoms with Crippen molar-refractivity contribution in [1.82, 2.24) is 10.1 Å². The summed E-state index contributed by atoms with van der Waals surface area (Å²) in [5, 5.41) is 4.02. The Morgan fingerprint density at radius 1 is 0.947 bits per heavy atom. The van der Waals surface area contributed by atoms with Gasteiger partial charge in [-0.15, -0.1) is 0 Å². The zero-order valence-corrected chi connectivity index (χ0v) is 12.8. The van der Waals surface area contributed by atoms with Crippen LogP contribution in [0.2, 0.25) is 0 Å². The molecule has 0 aliphatic carbocycles. The molecule has 0 amide bonds. The highest BCUT2D eigenvalue weighted by atomic mass is 79.9. The standard InChI is InChI=1S/C14H8Br2N2O/c15-10-5-3-4-9(8-10)13-17-14(19-18-13)11-6-1-2-7-12(11)16/h1-8H. The summed E-state index contributed by atoms with van der Waals surface area (Å²) in [5.41, 5.74) is 1.80. The fourth-order valence-corrected chi connectivity index (χ4v) is 2.57. The number of benzene rings is 2. The first-order valence-electron chi connectivity index (χ1n) is 5.58. The maximum atomic E-state index is 5.32. The van der Waals surface area contributed by atoms with Crippen molar-refractivity contribution in [1.29, 1.82) is 0 Å². The molecule has 0 spiro atoms. The Morgan fingerprint density at radius 3 is 2.58 bits per heavy atom. The molecule has 0 saturated heterocycles. The van der Waals surface area contributed by atoms with Crippen LogP contribution < -0.4 is 0 Å². The van der Waals surface area contributed by atoms with Gasteiger partial charge >= 0.3 is 0 Å². The fourth-order valence-electron chi connectivity index (χ4n) is 1.71. The normalized spacial score (nSPS) is 10.6. The Morgan fingerprint density at radius 2 is 1.79 bits per heavy atom. The van der Waals surface area contributed by atoms with Gasteiger partial charge in [0, 0.05) is 14.5 Å². The second kappa shape index (κ2) is 5.27. The van der Waals surface area contributed by atoms with E-state index in [2.05, 4.69) is 42.0 Å². The molecular formula is C14H8Br2N2O. The molecule has 0 saturated carbocycles. The largest absolute Gasteiger partial charge is 0.334 e. The number of aromatic nitrogens is 2. The van der Waals surface area contributed by atoms with Crippen molar-refractivity contribution in [3.05, 3.63) is 57.5 Å². The van der Waals surface area contributed by atoms with E-state index in [0.717, 1.165) is 20.1 Å². The van der Waals surface area contributed by atoms with Crippen LogP contribution in [0.4, 0.5) is 0 Å². The molecular weight excluding hydrogens is 372 g/mol. The third kappa shape index (κ3) is 2.62. The van der Waals surface area contributed by atoms with Crippen LogP contribution in [0.3, 0.4) is 0 Å². The van der Waals surface area contributed by atoms with Crippen LogP contribution in [0.25, 0.3) is 22.8 Å². The van der Waals surface area contributed by atoms with E-state index >= 15 is 0 Å². The highest BCUT2D eigenvalue weighted by Gasteiger charge is 2.12. The van der Waals surface area contributed by atoms with Crippen molar-refractivity contribution in [3.63, 3.8) is 0 Å². The van der Waals surface area contributed by atoms with Gasteiger partial charge in [0.25, 0.3) is 5.89 Å². The lowest BCUT2D eigenvalue weighted by atomic mass is 10.2. The van der Waals surface area contributed by atoms with Crippen molar-refractivity contribution in [2.75, 3.05) is 0 Å². The molecule has 3 nitrogen and oxygen atoms in total. The highest BCUT2D eigenvalue weighted by molar-refractivity contribution is 9.10. The van der Waals surface area contributed by atoms with Gasteiger partial charge in [0.2, 0.25) is 5.82 Å². The predicted octanol–water partition coefficient (Wildman–Crippen LogP) is 4.93. The smallest absolute Gasteiger partial charge is 0.259 e. The first kappa shape index (κ1) is 12.6. The summed E-state index contributed by atoms with van der Waals surface area (Å²) in [6, 6.07) is 15.5. The van der Waals surface area contributed by atoms with Gasteiger partial charge in [-0.1, -0.05) is 45.4 Å². The lowest BCUT2D eigenvalue weighted by molar-refractivity contribution is 0.432. The van der Waals surface area contributed by atoms with Crippen molar-refractivity contribution >= 4 is 31.9 Å². The van der Waals surface area contributed by atoms with E-state index < -0.39 is 0 Å². The van der Waals surface area contributed by atoms with Crippen LogP contribution in [0.1, 0.15) is 0 Å². The number of rotatable bonds is 2. The maximum Gasteiger partial charge on any atom is 0.259 e. The van der Waals surface area contributed by atoms with Crippen molar-refractivity contribution in [3.8, 4) is 22.8 Å². The molecule has 5 heteroatoms. The summed E-state index contributed by atoms with van der Waals surface area (Å²) < 4.78 is 7.23. The van der Waals surface area contributed by atoms with E-state index in [1.54, 1.807) is 0 Å². The highest BCUT2D eigenvalue weighted by Crippen LogP contribution is 2.28. The van der Waals surface area contributed by atoms with Crippen LogP contribution in [0, 0.1) is 0 Å². The van der Waals surface area contributed by atoms with Crippen LogP contribution >= 0.6 is 31.9 Å². The average Bonchev–Trinajstić information content (AvgIpc) is 2.89. The van der Waals surface area contributed by atoms with Crippen LogP contribution in [0.15, 0.2) is 62.0 Å². The van der Waals surface area contributed by atoms with Crippen LogP contribution in [-0.2, 0) is 0 Å². The minimum absolute atomic E-state index is 0.502. The SMILES string of the molecule is Brc1cccc(-c2noc(-c3ccccc3Br)n2)c1. The quantitative estimate of drug-likeness (QED) is 0.633. The molecule has 0 radical (unpaired) electrons. The van der Waals surface area contributed by atoms with E-state index in [0.29, 0.717) is 11.7 Å². The minimum Gasteiger partial charge on any atom is -0.334 e. The fraction of sp³-hybridized carbons (Fsp3) is 0. The van der Waals surface area contributed by atoms with Crippen LogP contribution in [-0.4, -0.2) is 10.1 Å². The van der Waals surface area contributed by atoms with Gasteiger partial charge in [0.1, 0.15) is 0 Å². The molecule has 0 atom stereocenters. The Labute approximate surface area is 126 Å². The Bertz CT molecular complexity index is 725. The summed E-state index contributed by atoms with van der Waals surface area (Å²) in [7, 11) is 0. The molecule has 0 bridgehead atoms. The molecule has 0 aliphatic rings. The zero-order chi connectivity index (χ0) is 13.2. The summed E-state index contributed by atoms with van der Waals surface area (Å²) in [6.45, 7) is 0. The number of hydrogen-bond donors (Lipinski definition) is 0. The first-order chi connectivity index (χ1) is 9.24. The van der Waals surface area contributed by atoms with E-state index in [1.165, 1.54) is 0 Å². The molecule has 0 aliphatic heterocycles. The maximum absolute atomic E-state index is 5.32. The Hall–Kier alpha value is -1.46. The average molecular weight is 380 g/mol. The number of nitrogens with zero attached hydrogens (tertiary/aromatic N) is 2. The lowest BCUT2D eigenvalue weighted by Gasteiger charge is -1.96. The van der Waals surface area contributed by atoms with E-state index in [4.69, 9.17) is 4.52 Å². The van der Waals surface area contributed by atoms with Gasteiger partial charge in [-0.2, -0.15) is 4.98 Å². The molecule has 1 aromatic heterocycles. The molecule has 0 unspecified atom stereocenters. The topological polar surface area (TPSA) is 38.9 Å². The summed E-state index contributed by atoms with van der Waals surface area (Å²) in [6.07, 6.45) is 0. The second-order valence-electron chi connectivity index (χ2n) is 3.91. The van der Waals surface area contributed by atoms with Gasteiger partial charge in [-0.25, -0.2) is 0 Å². The predicted molar refractivity (Wildman–Crippen MR) is 80.6 cm³/mol. The summed E-state index contributed by atoms with van der Waals surface area (Å²) in [4.78, 5) is 4.42. The molecule has 3 aromatic rings. The van der Waals surface area contributed by atoms with E-state index in [9.17, 15) is 0 Å². The molecule has 0 fully saturated rings. The minimum atomic E-state index is 0.502. The van der Waals surface area contributed by atoms with Crippen molar-refractivity contribution in [2.45, 2.75) is 0 Å². The number of halogens is 2. The summed E-state index contributed by atoms with van der Waals surface area (Å²) >= 11 is 6.90. The van der Waals surface area contributed by atoms with Gasteiger partial charge in [0.05, 0.1) is 5.56 Å². The van der Waals surface area contributed by atoms with Crippen molar-refractivity contribution < 1.29 is 4.52 Å². The van der Waals surface area contributed by atoms with E-state index in [1.807, 2.05) is 48.5 Å². The monoisotopic (exact) mass is 378 g/mol. The molecule has 3 rings (SSSR count). The van der Waals surface area contributed by atoms with Gasteiger partial charge in [0.15, 0.2) is 0 Å². The zero-order valence-electron chi connectivity index (χ0n) is 9.68. The van der Waals surface area contributed by atoms with Crippen molar-refractivity contribution in [2.24, 2.45) is 0 Å². The van der Waals surface area contributed by atoms with Gasteiger partial charge in [-0.05, 0) is 40.2 Å². The van der Waals surface area contributed by atoms with Gasteiger partial charge in [-0.3, -0.25) is 0 Å².